The lowest BCUT2D eigenvalue weighted by molar-refractivity contribution is 0.0749. The van der Waals surface area contributed by atoms with Crippen molar-refractivity contribution in [3.63, 3.8) is 0 Å². The second-order valence-corrected chi connectivity index (χ2v) is 6.61. The van der Waals surface area contributed by atoms with Crippen molar-refractivity contribution in [2.24, 2.45) is 7.05 Å². The van der Waals surface area contributed by atoms with Crippen LogP contribution in [0.4, 0.5) is 0 Å². The highest BCUT2D eigenvalue weighted by Gasteiger charge is 2.28. The third kappa shape index (κ3) is 3.27. The van der Waals surface area contributed by atoms with Gasteiger partial charge in [-0.15, -0.1) is 0 Å². The number of aliphatic hydroxyl groups is 1. The van der Waals surface area contributed by atoms with Gasteiger partial charge in [-0.25, -0.2) is 0 Å². The molecule has 1 aliphatic heterocycles. The van der Waals surface area contributed by atoms with Crippen molar-refractivity contribution in [1.82, 2.24) is 14.7 Å². The van der Waals surface area contributed by atoms with Gasteiger partial charge in [-0.2, -0.15) is 16.9 Å². The molecule has 2 heterocycles. The van der Waals surface area contributed by atoms with Crippen LogP contribution in [-0.2, 0) is 19.9 Å². The third-order valence-corrected chi connectivity index (χ3v) is 5.28. The van der Waals surface area contributed by atoms with Crippen LogP contribution in [0.2, 0.25) is 5.02 Å². The summed E-state index contributed by atoms with van der Waals surface area (Å²) in [7, 11) is 3.97. The minimum absolute atomic E-state index is 0.204. The molecule has 0 aliphatic carbocycles. The van der Waals surface area contributed by atoms with Gasteiger partial charge in [-0.3, -0.25) is 9.58 Å². The fourth-order valence-corrected chi connectivity index (χ4v) is 4.16. The Balaban J connectivity index is 2.10. The van der Waals surface area contributed by atoms with Crippen LogP contribution in [0.1, 0.15) is 18.3 Å². The van der Waals surface area contributed by atoms with Gasteiger partial charge >= 0.3 is 0 Å². The second kappa shape index (κ2) is 6.48. The molecule has 2 rings (SSSR count). The fraction of sp³-hybridized carbons (Fsp3) is 0.769. The fourth-order valence-electron chi connectivity index (χ4n) is 2.49. The summed E-state index contributed by atoms with van der Waals surface area (Å²) in [6.07, 6.45) is 0.996. The lowest BCUT2D eigenvalue weighted by Crippen LogP contribution is -2.47. The quantitative estimate of drug-likeness (QED) is 0.917. The number of aromatic nitrogens is 2. The number of rotatable bonds is 4. The first-order valence-corrected chi connectivity index (χ1v) is 8.24. The Morgan fingerprint density at radius 3 is 2.84 bits per heavy atom. The van der Waals surface area contributed by atoms with Crippen molar-refractivity contribution >= 4 is 23.4 Å². The molecule has 6 heteroatoms. The second-order valence-electron chi connectivity index (χ2n) is 5.08. The molecule has 19 heavy (non-hydrogen) atoms. The molecular weight excluding hydrogens is 282 g/mol. The zero-order valence-corrected chi connectivity index (χ0v) is 13.3. The largest absolute Gasteiger partial charge is 0.391 e. The van der Waals surface area contributed by atoms with Crippen LogP contribution in [0, 0.1) is 0 Å². The Morgan fingerprint density at radius 2 is 2.26 bits per heavy atom. The molecule has 1 N–H and O–H groups in total. The van der Waals surface area contributed by atoms with Gasteiger partial charge < -0.3 is 5.11 Å². The maximum Gasteiger partial charge on any atom is 0.0850 e. The molecule has 1 fully saturated rings. The van der Waals surface area contributed by atoms with Gasteiger partial charge in [0, 0.05) is 37.6 Å². The highest BCUT2D eigenvalue weighted by molar-refractivity contribution is 7.99. The van der Waals surface area contributed by atoms with E-state index in [4.69, 9.17) is 11.6 Å². The molecular formula is C13H22ClN3OS. The average molecular weight is 304 g/mol. The molecule has 0 amide bonds. The lowest BCUT2D eigenvalue weighted by atomic mass is 10.1. The Labute approximate surface area is 124 Å². The van der Waals surface area contributed by atoms with E-state index in [1.54, 1.807) is 4.68 Å². The standard InChI is InChI=1S/C13H22ClN3OS/c1-4-9-13(14)10(17(3)15-9)7-12(18)11-8-19-6-5-16(11)2/h11-12,18H,4-8H2,1-3H3. The third-order valence-electron chi connectivity index (χ3n) is 3.79. The average Bonchev–Trinajstić information content (AvgIpc) is 2.66. The summed E-state index contributed by atoms with van der Waals surface area (Å²) in [6.45, 7) is 3.08. The highest BCUT2D eigenvalue weighted by Crippen LogP contribution is 2.25. The topological polar surface area (TPSA) is 41.3 Å². The van der Waals surface area contributed by atoms with Gasteiger partial charge in [0.1, 0.15) is 0 Å². The van der Waals surface area contributed by atoms with Crippen LogP contribution in [-0.4, -0.2) is 57.0 Å². The van der Waals surface area contributed by atoms with E-state index in [0.717, 1.165) is 40.9 Å². The van der Waals surface area contributed by atoms with Crippen molar-refractivity contribution < 1.29 is 5.11 Å². The normalized spacial score (nSPS) is 22.7. The Kier molecular flexibility index (Phi) is 5.17. The minimum atomic E-state index is -0.393. The van der Waals surface area contributed by atoms with E-state index in [2.05, 4.69) is 17.0 Å². The molecule has 0 bridgehead atoms. The summed E-state index contributed by atoms with van der Waals surface area (Å²) in [5, 5.41) is 15.6. The number of likely N-dealkylation sites (N-methyl/N-ethyl adjacent to an activating group) is 1. The summed E-state index contributed by atoms with van der Waals surface area (Å²) in [5.74, 6) is 2.12. The minimum Gasteiger partial charge on any atom is -0.391 e. The van der Waals surface area contributed by atoms with Crippen molar-refractivity contribution in [2.75, 3.05) is 25.1 Å². The molecule has 2 atom stereocenters. The predicted octanol–water partition coefficient (Wildman–Crippen LogP) is 1.59. The number of thioether (sulfide) groups is 1. The van der Waals surface area contributed by atoms with E-state index in [0.29, 0.717) is 6.42 Å². The molecule has 0 saturated carbocycles. The Bertz CT molecular complexity index is 438. The van der Waals surface area contributed by atoms with Crippen LogP contribution in [0.15, 0.2) is 0 Å². The maximum atomic E-state index is 10.5. The van der Waals surface area contributed by atoms with E-state index in [1.807, 2.05) is 25.7 Å². The van der Waals surface area contributed by atoms with Crippen LogP contribution >= 0.6 is 23.4 Å². The molecule has 1 aromatic heterocycles. The molecule has 0 aromatic carbocycles. The lowest BCUT2D eigenvalue weighted by Gasteiger charge is -2.35. The van der Waals surface area contributed by atoms with Crippen molar-refractivity contribution in [3.05, 3.63) is 16.4 Å². The summed E-state index contributed by atoms with van der Waals surface area (Å²) in [6, 6.07) is 0.204. The number of nitrogens with zero attached hydrogens (tertiary/aromatic N) is 3. The predicted molar refractivity (Wildman–Crippen MR) is 81.0 cm³/mol. The van der Waals surface area contributed by atoms with E-state index >= 15 is 0 Å². The number of aliphatic hydroxyl groups excluding tert-OH is 1. The Hall–Kier alpha value is -0.230. The monoisotopic (exact) mass is 303 g/mol. The summed E-state index contributed by atoms with van der Waals surface area (Å²) >= 11 is 8.24. The number of hydrogen-bond donors (Lipinski definition) is 1. The van der Waals surface area contributed by atoms with Gasteiger partial charge in [0.05, 0.1) is 22.5 Å². The molecule has 1 aliphatic rings. The first-order chi connectivity index (χ1) is 9.04. The summed E-state index contributed by atoms with van der Waals surface area (Å²) < 4.78 is 1.81. The zero-order chi connectivity index (χ0) is 14.0. The number of aryl methyl sites for hydroxylation is 2. The Morgan fingerprint density at radius 1 is 1.53 bits per heavy atom. The van der Waals surface area contributed by atoms with Crippen molar-refractivity contribution in [3.8, 4) is 0 Å². The van der Waals surface area contributed by atoms with Crippen LogP contribution in [0.25, 0.3) is 0 Å². The van der Waals surface area contributed by atoms with E-state index < -0.39 is 6.10 Å². The van der Waals surface area contributed by atoms with Crippen molar-refractivity contribution in [2.45, 2.75) is 31.9 Å². The first-order valence-electron chi connectivity index (χ1n) is 6.70. The summed E-state index contributed by atoms with van der Waals surface area (Å²) in [5.41, 5.74) is 1.85. The molecule has 2 unspecified atom stereocenters. The van der Waals surface area contributed by atoms with Gasteiger partial charge in [-0.05, 0) is 13.5 Å². The van der Waals surface area contributed by atoms with Crippen LogP contribution in [0.5, 0.6) is 0 Å². The van der Waals surface area contributed by atoms with Gasteiger partial charge in [0.25, 0.3) is 0 Å². The number of hydrogen-bond acceptors (Lipinski definition) is 4. The highest BCUT2D eigenvalue weighted by atomic mass is 35.5. The number of halogens is 1. The molecule has 1 aromatic rings. The van der Waals surface area contributed by atoms with Gasteiger partial charge in [-0.1, -0.05) is 18.5 Å². The molecule has 4 nitrogen and oxygen atoms in total. The maximum absolute atomic E-state index is 10.5. The molecule has 1 saturated heterocycles. The van der Waals surface area contributed by atoms with Crippen molar-refractivity contribution in [1.29, 1.82) is 0 Å². The van der Waals surface area contributed by atoms with Crippen LogP contribution in [0.3, 0.4) is 0 Å². The zero-order valence-electron chi connectivity index (χ0n) is 11.8. The summed E-state index contributed by atoms with van der Waals surface area (Å²) in [4.78, 5) is 2.24. The van der Waals surface area contributed by atoms with Gasteiger partial charge in [0.15, 0.2) is 0 Å². The molecule has 0 spiro atoms. The van der Waals surface area contributed by atoms with Gasteiger partial charge in [0.2, 0.25) is 0 Å². The van der Waals surface area contributed by atoms with E-state index in [1.165, 1.54) is 0 Å². The SMILES string of the molecule is CCc1nn(C)c(CC(O)C2CSCCN2C)c1Cl. The van der Waals surface area contributed by atoms with Crippen LogP contribution < -0.4 is 0 Å². The molecule has 108 valence electrons. The smallest absolute Gasteiger partial charge is 0.0850 e. The first kappa shape index (κ1) is 15.2. The molecule has 0 radical (unpaired) electrons. The van der Waals surface area contributed by atoms with E-state index in [-0.39, 0.29) is 6.04 Å². The van der Waals surface area contributed by atoms with E-state index in [9.17, 15) is 5.11 Å².